The smallest absolute Gasteiger partial charge is 0.302 e. The predicted molar refractivity (Wildman–Crippen MR) is 60.1 cm³/mol. The zero-order valence-electron chi connectivity index (χ0n) is 10.1. The van der Waals surface area contributed by atoms with Crippen LogP contribution in [0.25, 0.3) is 0 Å². The zero-order valence-corrected chi connectivity index (χ0v) is 10.1. The molecule has 0 radical (unpaired) electrons. The maximum Gasteiger partial charge on any atom is 0.330 e. The van der Waals surface area contributed by atoms with Crippen molar-refractivity contribution in [3.05, 3.63) is 0 Å². The Balaban J connectivity index is 2.06. The Kier molecular flexibility index (Phi) is 3.15. The third kappa shape index (κ3) is 2.17. The third-order valence-corrected chi connectivity index (χ3v) is 3.57. The molecule has 2 saturated heterocycles. The Bertz CT molecular complexity index is 369. The molecule has 2 heterocycles. The quantitative estimate of drug-likeness (QED) is 0.677. The number of carbonyl (C=O) groups is 3. The number of imide groups is 2. The molecule has 6 nitrogen and oxygen atoms in total. The fraction of sp³-hybridized carbons (Fsp3) is 0.727. The Morgan fingerprint density at radius 3 is 2.65 bits per heavy atom. The number of nitrogens with zero attached hydrogens (tertiary/aromatic N) is 2. The number of nitrogens with one attached hydrogen (secondary N) is 1. The summed E-state index contributed by atoms with van der Waals surface area (Å²) in [6.45, 7) is 2.89. The van der Waals surface area contributed by atoms with Crippen molar-refractivity contribution >= 4 is 17.8 Å². The number of hydrogen-bond donors (Lipinski definition) is 1. The standard InChI is InChI=1S/C11H17N3O3/c1-7-9(15)12-11(17)14(10(7)16)6-8-4-3-5-13(8)2/h7-8H,3-6H2,1-2H3,(H,12,15,17). The lowest BCUT2D eigenvalue weighted by Gasteiger charge is -2.32. The van der Waals surface area contributed by atoms with E-state index >= 15 is 0 Å². The molecule has 2 aliphatic heterocycles. The second-order valence-electron chi connectivity index (χ2n) is 4.74. The van der Waals surface area contributed by atoms with Gasteiger partial charge in [-0.2, -0.15) is 0 Å². The van der Waals surface area contributed by atoms with Gasteiger partial charge in [0.1, 0.15) is 5.92 Å². The number of urea groups is 1. The Morgan fingerprint density at radius 1 is 1.35 bits per heavy atom. The number of hydrogen-bond acceptors (Lipinski definition) is 4. The number of rotatable bonds is 2. The molecule has 4 amide bonds. The minimum Gasteiger partial charge on any atom is -0.302 e. The van der Waals surface area contributed by atoms with Crippen LogP contribution < -0.4 is 5.32 Å². The fourth-order valence-corrected chi connectivity index (χ4v) is 2.32. The first-order valence-corrected chi connectivity index (χ1v) is 5.87. The number of amides is 4. The van der Waals surface area contributed by atoms with E-state index in [1.165, 1.54) is 11.8 Å². The molecule has 0 saturated carbocycles. The van der Waals surface area contributed by atoms with Crippen LogP contribution in [0.1, 0.15) is 19.8 Å². The minimum atomic E-state index is -0.764. The van der Waals surface area contributed by atoms with Crippen LogP contribution in [0.3, 0.4) is 0 Å². The number of barbiturate groups is 1. The van der Waals surface area contributed by atoms with Crippen molar-refractivity contribution in [3.8, 4) is 0 Å². The Labute approximate surface area is 99.9 Å². The van der Waals surface area contributed by atoms with Gasteiger partial charge in [0.05, 0.1) is 0 Å². The van der Waals surface area contributed by atoms with E-state index in [2.05, 4.69) is 10.2 Å². The Morgan fingerprint density at radius 2 is 2.06 bits per heavy atom. The number of likely N-dealkylation sites (N-methyl/N-ethyl adjacent to an activating group) is 1. The van der Waals surface area contributed by atoms with Crippen molar-refractivity contribution in [2.75, 3.05) is 20.1 Å². The summed E-state index contributed by atoms with van der Waals surface area (Å²) in [6, 6.07) is -0.372. The monoisotopic (exact) mass is 239 g/mol. The molecular weight excluding hydrogens is 222 g/mol. The molecular formula is C11H17N3O3. The fourth-order valence-electron chi connectivity index (χ4n) is 2.32. The molecule has 0 aromatic rings. The second kappa shape index (κ2) is 4.44. The molecule has 0 aromatic carbocycles. The molecule has 0 aromatic heterocycles. The van der Waals surface area contributed by atoms with Crippen LogP contribution in [0, 0.1) is 5.92 Å². The number of likely N-dealkylation sites (tertiary alicyclic amines) is 1. The van der Waals surface area contributed by atoms with Gasteiger partial charge < -0.3 is 4.90 Å². The van der Waals surface area contributed by atoms with Gasteiger partial charge in [0, 0.05) is 12.6 Å². The molecule has 0 spiro atoms. The van der Waals surface area contributed by atoms with Gasteiger partial charge in [-0.25, -0.2) is 4.79 Å². The van der Waals surface area contributed by atoms with Gasteiger partial charge in [-0.15, -0.1) is 0 Å². The molecule has 2 aliphatic rings. The summed E-state index contributed by atoms with van der Waals surface area (Å²) < 4.78 is 0. The summed E-state index contributed by atoms with van der Waals surface area (Å²) in [5.41, 5.74) is 0. The highest BCUT2D eigenvalue weighted by molar-refractivity contribution is 6.15. The van der Waals surface area contributed by atoms with Crippen LogP contribution in [0.5, 0.6) is 0 Å². The average Bonchev–Trinajstić information content (AvgIpc) is 2.67. The van der Waals surface area contributed by atoms with E-state index in [0.29, 0.717) is 6.54 Å². The van der Waals surface area contributed by atoms with Crippen LogP contribution in [0.2, 0.25) is 0 Å². The SMILES string of the molecule is CC1C(=O)NC(=O)N(CC2CCCN2C)C1=O. The van der Waals surface area contributed by atoms with Crippen LogP contribution >= 0.6 is 0 Å². The summed E-state index contributed by atoms with van der Waals surface area (Å²) in [6.07, 6.45) is 2.06. The average molecular weight is 239 g/mol. The summed E-state index contributed by atoms with van der Waals surface area (Å²) in [7, 11) is 1.98. The first-order chi connectivity index (χ1) is 8.00. The molecule has 2 rings (SSSR count). The van der Waals surface area contributed by atoms with Gasteiger partial charge in [-0.3, -0.25) is 19.8 Å². The van der Waals surface area contributed by atoms with Crippen LogP contribution in [-0.4, -0.2) is 53.8 Å². The maximum absolute atomic E-state index is 11.9. The van der Waals surface area contributed by atoms with Gasteiger partial charge >= 0.3 is 6.03 Å². The predicted octanol–water partition coefficient (Wildman–Crippen LogP) is -0.205. The lowest BCUT2D eigenvalue weighted by atomic mass is 10.1. The van der Waals surface area contributed by atoms with Crippen LogP contribution in [0.4, 0.5) is 4.79 Å². The molecule has 2 atom stereocenters. The van der Waals surface area contributed by atoms with Crippen LogP contribution in [-0.2, 0) is 9.59 Å². The second-order valence-corrected chi connectivity index (χ2v) is 4.74. The van der Waals surface area contributed by atoms with Gasteiger partial charge in [0.2, 0.25) is 11.8 Å². The molecule has 0 bridgehead atoms. The van der Waals surface area contributed by atoms with Crippen LogP contribution in [0.15, 0.2) is 0 Å². The summed E-state index contributed by atoms with van der Waals surface area (Å²) >= 11 is 0. The van der Waals surface area contributed by atoms with E-state index in [1.54, 1.807) is 0 Å². The summed E-state index contributed by atoms with van der Waals surface area (Å²) in [4.78, 5) is 38.1. The third-order valence-electron chi connectivity index (χ3n) is 3.57. The van der Waals surface area contributed by atoms with Crippen molar-refractivity contribution in [2.24, 2.45) is 5.92 Å². The molecule has 0 aliphatic carbocycles. The van der Waals surface area contributed by atoms with E-state index in [0.717, 1.165) is 19.4 Å². The molecule has 6 heteroatoms. The van der Waals surface area contributed by atoms with E-state index < -0.39 is 17.9 Å². The van der Waals surface area contributed by atoms with Crippen molar-refractivity contribution < 1.29 is 14.4 Å². The highest BCUT2D eigenvalue weighted by Gasteiger charge is 2.39. The molecule has 94 valence electrons. The first kappa shape index (κ1) is 12.0. The first-order valence-electron chi connectivity index (χ1n) is 5.87. The lowest BCUT2D eigenvalue weighted by Crippen LogP contribution is -2.59. The lowest BCUT2D eigenvalue weighted by molar-refractivity contribution is -0.142. The van der Waals surface area contributed by atoms with E-state index in [9.17, 15) is 14.4 Å². The van der Waals surface area contributed by atoms with Crippen molar-refractivity contribution in [1.82, 2.24) is 15.1 Å². The summed E-state index contributed by atoms with van der Waals surface area (Å²) in [5.74, 6) is -1.66. The topological polar surface area (TPSA) is 69.7 Å². The normalized spacial score (nSPS) is 30.9. The largest absolute Gasteiger partial charge is 0.330 e. The Hall–Kier alpha value is -1.43. The summed E-state index contributed by atoms with van der Waals surface area (Å²) in [5, 5.41) is 2.21. The van der Waals surface area contributed by atoms with Gasteiger partial charge in [-0.05, 0) is 33.4 Å². The highest BCUT2D eigenvalue weighted by Crippen LogP contribution is 2.18. The van der Waals surface area contributed by atoms with Gasteiger partial charge in [-0.1, -0.05) is 0 Å². The molecule has 2 unspecified atom stereocenters. The zero-order chi connectivity index (χ0) is 12.6. The van der Waals surface area contributed by atoms with E-state index in [4.69, 9.17) is 0 Å². The van der Waals surface area contributed by atoms with E-state index in [-0.39, 0.29) is 11.9 Å². The van der Waals surface area contributed by atoms with Gasteiger partial charge in [0.15, 0.2) is 0 Å². The van der Waals surface area contributed by atoms with E-state index in [1.807, 2.05) is 7.05 Å². The highest BCUT2D eigenvalue weighted by atomic mass is 16.2. The van der Waals surface area contributed by atoms with Crippen molar-refractivity contribution in [3.63, 3.8) is 0 Å². The number of carbonyl (C=O) groups excluding carboxylic acids is 3. The van der Waals surface area contributed by atoms with Crippen molar-refractivity contribution in [1.29, 1.82) is 0 Å². The van der Waals surface area contributed by atoms with Gasteiger partial charge in [0.25, 0.3) is 0 Å². The van der Waals surface area contributed by atoms with Crippen molar-refractivity contribution in [2.45, 2.75) is 25.8 Å². The maximum atomic E-state index is 11.9. The molecule has 2 fully saturated rings. The molecule has 1 N–H and O–H groups in total. The minimum absolute atomic E-state index is 0.213. The molecule has 17 heavy (non-hydrogen) atoms.